The lowest BCUT2D eigenvalue weighted by Gasteiger charge is -2.14. The normalized spacial score (nSPS) is 10.7. The molecule has 4 N–H and O–H groups in total. The molecule has 0 aliphatic carbocycles. The Morgan fingerprint density at radius 3 is 1.55 bits per heavy atom. The number of rotatable bonds is 12. The Balaban J connectivity index is 0.000000177. The molecule has 14 nitrogen and oxygen atoms in total. The molecule has 0 aliphatic rings. The number of ether oxygens (including phenoxy) is 4. The van der Waals surface area contributed by atoms with Gasteiger partial charge in [0.15, 0.2) is 23.0 Å². The second kappa shape index (κ2) is 17.8. The predicted octanol–water partition coefficient (Wildman–Crippen LogP) is 8.74. The topological polar surface area (TPSA) is 179 Å². The second-order valence-electron chi connectivity index (χ2n) is 13.0. The van der Waals surface area contributed by atoms with E-state index in [1.807, 2.05) is 92.7 Å². The summed E-state index contributed by atoms with van der Waals surface area (Å²) in [5.74, 6) is 3.96. The number of anilines is 4. The van der Waals surface area contributed by atoms with E-state index < -0.39 is 0 Å². The van der Waals surface area contributed by atoms with Crippen LogP contribution in [0.15, 0.2) is 122 Å². The Labute approximate surface area is 334 Å². The van der Waals surface area contributed by atoms with Gasteiger partial charge in [-0.15, -0.1) is 0 Å². The third kappa shape index (κ3) is 9.20. The third-order valence-corrected chi connectivity index (χ3v) is 9.03. The lowest BCUT2D eigenvalue weighted by atomic mass is 10.2. The van der Waals surface area contributed by atoms with E-state index in [0.29, 0.717) is 58.9 Å². The van der Waals surface area contributed by atoms with Crippen molar-refractivity contribution >= 4 is 44.8 Å². The van der Waals surface area contributed by atoms with Gasteiger partial charge in [-0.3, -0.25) is 9.97 Å². The molecule has 0 fully saturated rings. The van der Waals surface area contributed by atoms with Gasteiger partial charge < -0.3 is 39.8 Å². The van der Waals surface area contributed by atoms with Crippen LogP contribution in [0.3, 0.4) is 0 Å². The number of phenols is 2. The summed E-state index contributed by atoms with van der Waals surface area (Å²) in [5.41, 5.74) is 6.30. The van der Waals surface area contributed by atoms with Crippen molar-refractivity contribution in [1.29, 1.82) is 0 Å². The first-order valence-electron chi connectivity index (χ1n) is 18.1. The fraction of sp³-hybridized carbons (Fsp3) is 0.136. The van der Waals surface area contributed by atoms with Crippen LogP contribution in [0.25, 0.3) is 21.8 Å². The van der Waals surface area contributed by atoms with E-state index in [-0.39, 0.29) is 11.5 Å². The highest BCUT2D eigenvalue weighted by Gasteiger charge is 2.15. The first kappa shape index (κ1) is 38.5. The molecule has 4 aromatic heterocycles. The number of fused-ring (bicyclic) bond motifs is 2. The van der Waals surface area contributed by atoms with Crippen LogP contribution in [0.4, 0.5) is 23.0 Å². The molecule has 292 valence electrons. The molecule has 0 amide bonds. The van der Waals surface area contributed by atoms with Crippen molar-refractivity contribution in [2.45, 2.75) is 27.1 Å². The van der Waals surface area contributed by atoms with Crippen molar-refractivity contribution in [1.82, 2.24) is 29.9 Å². The van der Waals surface area contributed by atoms with Crippen LogP contribution in [0.1, 0.15) is 22.4 Å². The van der Waals surface area contributed by atoms with Crippen LogP contribution in [0.2, 0.25) is 0 Å². The Morgan fingerprint density at radius 1 is 0.534 bits per heavy atom. The molecule has 0 unspecified atom stereocenters. The number of phenolic OH excluding ortho intramolecular Hbond substituents is 2. The first-order chi connectivity index (χ1) is 28.3. The van der Waals surface area contributed by atoms with Gasteiger partial charge in [0.2, 0.25) is 0 Å². The van der Waals surface area contributed by atoms with Crippen molar-refractivity contribution in [3.05, 3.63) is 145 Å². The number of benzene rings is 4. The van der Waals surface area contributed by atoms with Crippen LogP contribution in [-0.4, -0.2) is 54.3 Å². The van der Waals surface area contributed by atoms with Gasteiger partial charge in [-0.05, 0) is 79.1 Å². The summed E-state index contributed by atoms with van der Waals surface area (Å²) in [5, 5.41) is 27.9. The van der Waals surface area contributed by atoms with Gasteiger partial charge >= 0.3 is 0 Å². The maximum absolute atomic E-state index is 9.95. The zero-order chi connectivity index (χ0) is 40.4. The quantitative estimate of drug-likeness (QED) is 0.0925. The van der Waals surface area contributed by atoms with Gasteiger partial charge in [0, 0.05) is 65.0 Å². The highest BCUT2D eigenvalue weighted by Crippen LogP contribution is 2.37. The Bertz CT molecular complexity index is 2480. The van der Waals surface area contributed by atoms with E-state index in [4.69, 9.17) is 18.9 Å². The molecule has 4 aromatic carbocycles. The van der Waals surface area contributed by atoms with Crippen molar-refractivity contribution < 1.29 is 29.2 Å². The van der Waals surface area contributed by atoms with Crippen LogP contribution in [0.5, 0.6) is 34.5 Å². The zero-order valence-corrected chi connectivity index (χ0v) is 32.2. The highest BCUT2D eigenvalue weighted by molar-refractivity contribution is 5.94. The maximum Gasteiger partial charge on any atom is 0.163 e. The average Bonchev–Trinajstić information content (AvgIpc) is 3.25. The minimum absolute atomic E-state index is 0.219. The summed E-state index contributed by atoms with van der Waals surface area (Å²) in [4.78, 5) is 25.7. The molecule has 8 rings (SSSR count). The monoisotopic (exact) mass is 776 g/mol. The Hall–Kier alpha value is -7.74. The van der Waals surface area contributed by atoms with Crippen LogP contribution in [-0.2, 0) is 13.2 Å². The first-order valence-corrected chi connectivity index (χ1v) is 18.1. The summed E-state index contributed by atoms with van der Waals surface area (Å²) < 4.78 is 22.9. The smallest absolute Gasteiger partial charge is 0.163 e. The zero-order valence-electron chi connectivity index (χ0n) is 32.2. The molecule has 14 heteroatoms. The van der Waals surface area contributed by atoms with Crippen LogP contribution in [0, 0.1) is 13.8 Å². The lowest BCUT2D eigenvalue weighted by Crippen LogP contribution is -2.01. The van der Waals surface area contributed by atoms with Gasteiger partial charge in [-0.1, -0.05) is 18.2 Å². The number of nitrogens with zero attached hydrogens (tertiary/aromatic N) is 6. The fourth-order valence-corrected chi connectivity index (χ4v) is 5.79. The van der Waals surface area contributed by atoms with Crippen LogP contribution < -0.4 is 29.6 Å². The number of aryl methyl sites for hydroxylation is 2. The third-order valence-electron chi connectivity index (χ3n) is 9.03. The maximum atomic E-state index is 9.95. The lowest BCUT2D eigenvalue weighted by molar-refractivity contribution is 0.281. The summed E-state index contributed by atoms with van der Waals surface area (Å²) >= 11 is 0. The van der Waals surface area contributed by atoms with Gasteiger partial charge in [-0.25, -0.2) is 19.9 Å². The van der Waals surface area contributed by atoms with E-state index in [9.17, 15) is 10.2 Å². The highest BCUT2D eigenvalue weighted by atomic mass is 16.5. The number of hydrogen-bond acceptors (Lipinski definition) is 14. The van der Waals surface area contributed by atoms with Gasteiger partial charge in [0.25, 0.3) is 0 Å². The molecular weight excluding hydrogens is 737 g/mol. The molecule has 0 spiro atoms. The number of aromatic nitrogens is 6. The van der Waals surface area contributed by atoms with Crippen molar-refractivity contribution in [3.63, 3.8) is 0 Å². The van der Waals surface area contributed by atoms with E-state index in [0.717, 1.165) is 44.5 Å². The predicted molar refractivity (Wildman–Crippen MR) is 222 cm³/mol. The Kier molecular flexibility index (Phi) is 11.8. The van der Waals surface area contributed by atoms with Gasteiger partial charge in [-0.2, -0.15) is 0 Å². The molecule has 0 bridgehead atoms. The van der Waals surface area contributed by atoms with Gasteiger partial charge in [0.1, 0.15) is 49.0 Å². The molecular formula is C44H40N8O6. The molecule has 0 atom stereocenters. The standard InChI is InChI=1S/2C22H20N4O3/c1-14-3-4-16(9-19(14)27)26-22-17-10-20(28-2)21(11-18(17)24-13-25-22)29-12-15-5-7-23-8-6-15;1-14-6-7-15(9-19(14)27)26-22-17-10-20(28-2)21(11-18(17)24-13-25-22)29-12-16-5-3-4-8-23-16/h2*3-11,13,27H,12H2,1-2H3,(H,24,25,26). The van der Waals surface area contributed by atoms with E-state index in [1.54, 1.807) is 44.9 Å². The average molecular weight is 777 g/mol. The molecule has 0 saturated carbocycles. The second-order valence-corrected chi connectivity index (χ2v) is 13.0. The van der Waals surface area contributed by atoms with Crippen LogP contribution >= 0.6 is 0 Å². The van der Waals surface area contributed by atoms with E-state index in [1.165, 1.54) is 12.7 Å². The van der Waals surface area contributed by atoms with E-state index >= 15 is 0 Å². The summed E-state index contributed by atoms with van der Waals surface area (Å²) in [6, 6.07) is 27.5. The number of nitrogens with one attached hydrogen (secondary N) is 2. The number of methoxy groups -OCH3 is 2. The largest absolute Gasteiger partial charge is 0.508 e. The van der Waals surface area contributed by atoms with E-state index in [2.05, 4.69) is 40.5 Å². The number of aromatic hydroxyl groups is 2. The molecule has 0 saturated heterocycles. The van der Waals surface area contributed by atoms with Crippen molar-refractivity contribution in [2.75, 3.05) is 24.9 Å². The minimum atomic E-state index is 0.219. The molecule has 58 heavy (non-hydrogen) atoms. The molecule has 4 heterocycles. The SMILES string of the molecule is COc1cc2c(Nc3ccc(C)c(O)c3)ncnc2cc1OCc1ccccn1.COc1cc2c(Nc3ccc(C)c(O)c3)ncnc2cc1OCc1ccncc1. The fourth-order valence-electron chi connectivity index (χ4n) is 5.79. The summed E-state index contributed by atoms with van der Waals surface area (Å²) in [7, 11) is 3.18. The molecule has 8 aromatic rings. The molecule has 0 radical (unpaired) electrons. The van der Waals surface area contributed by atoms with Crippen molar-refractivity contribution in [2.24, 2.45) is 0 Å². The number of hydrogen-bond donors (Lipinski definition) is 4. The minimum Gasteiger partial charge on any atom is -0.508 e. The Morgan fingerprint density at radius 2 is 1.07 bits per heavy atom. The summed E-state index contributed by atoms with van der Waals surface area (Å²) in [6.07, 6.45) is 8.14. The summed E-state index contributed by atoms with van der Waals surface area (Å²) in [6.45, 7) is 4.40. The van der Waals surface area contributed by atoms with Gasteiger partial charge in [0.05, 0.1) is 30.9 Å². The van der Waals surface area contributed by atoms with Crippen molar-refractivity contribution in [3.8, 4) is 34.5 Å². The number of pyridine rings is 2. The molecule has 0 aliphatic heterocycles.